The van der Waals surface area contributed by atoms with E-state index in [1.54, 1.807) is 5.56 Å². The average molecular weight is 315 g/mol. The summed E-state index contributed by atoms with van der Waals surface area (Å²) in [4.78, 5) is 2.92. The van der Waals surface area contributed by atoms with Crippen molar-refractivity contribution in [1.29, 1.82) is 0 Å². The Labute approximate surface area is 140 Å². The SMILES string of the molecule is CCCCCC(C)CCc1cc(-c2ccc(C)cc2)sc1C. The molecule has 0 aliphatic rings. The molecule has 0 nitrogen and oxygen atoms in total. The Morgan fingerprint density at radius 2 is 1.73 bits per heavy atom. The zero-order valence-corrected chi connectivity index (χ0v) is 15.4. The lowest BCUT2D eigenvalue weighted by molar-refractivity contribution is 0.464. The van der Waals surface area contributed by atoms with Crippen LogP contribution in [-0.4, -0.2) is 0 Å². The van der Waals surface area contributed by atoms with E-state index in [2.05, 4.69) is 58.0 Å². The van der Waals surface area contributed by atoms with Crippen molar-refractivity contribution in [2.45, 2.75) is 66.2 Å². The first-order valence-electron chi connectivity index (χ1n) is 8.76. The maximum absolute atomic E-state index is 2.42. The normalized spacial score (nSPS) is 12.5. The predicted molar refractivity (Wildman–Crippen MR) is 101 cm³/mol. The highest BCUT2D eigenvalue weighted by molar-refractivity contribution is 7.15. The van der Waals surface area contributed by atoms with Gasteiger partial charge in [0.1, 0.15) is 0 Å². The van der Waals surface area contributed by atoms with E-state index in [0.29, 0.717) is 0 Å². The Kier molecular flexibility index (Phi) is 6.70. The number of benzene rings is 1. The van der Waals surface area contributed by atoms with Crippen molar-refractivity contribution in [2.24, 2.45) is 5.92 Å². The highest BCUT2D eigenvalue weighted by Crippen LogP contribution is 2.32. The molecule has 0 aliphatic heterocycles. The second-order valence-corrected chi connectivity index (χ2v) is 7.95. The van der Waals surface area contributed by atoms with Gasteiger partial charge in [-0.1, -0.05) is 69.4 Å². The molecule has 2 rings (SSSR count). The fourth-order valence-corrected chi connectivity index (χ4v) is 3.99. The summed E-state index contributed by atoms with van der Waals surface area (Å²) in [5, 5.41) is 0. The van der Waals surface area contributed by atoms with E-state index >= 15 is 0 Å². The van der Waals surface area contributed by atoms with Crippen molar-refractivity contribution < 1.29 is 0 Å². The summed E-state index contributed by atoms with van der Waals surface area (Å²) < 4.78 is 0. The van der Waals surface area contributed by atoms with Gasteiger partial charge in [0.05, 0.1) is 0 Å². The maximum Gasteiger partial charge on any atom is 0.0348 e. The molecule has 1 aromatic heterocycles. The van der Waals surface area contributed by atoms with Crippen LogP contribution in [-0.2, 0) is 6.42 Å². The van der Waals surface area contributed by atoms with Gasteiger partial charge in [-0.25, -0.2) is 0 Å². The topological polar surface area (TPSA) is 0 Å². The third-order valence-electron chi connectivity index (χ3n) is 4.56. The molecule has 0 saturated heterocycles. The number of unbranched alkanes of at least 4 members (excludes halogenated alkanes) is 2. The molecule has 1 heteroatoms. The zero-order chi connectivity index (χ0) is 15.9. The predicted octanol–water partition coefficient (Wildman–Crippen LogP) is 7.18. The zero-order valence-electron chi connectivity index (χ0n) is 14.6. The largest absolute Gasteiger partial charge is 0.140 e. The number of rotatable bonds is 8. The van der Waals surface area contributed by atoms with Crippen molar-refractivity contribution >= 4 is 11.3 Å². The number of hydrogen-bond acceptors (Lipinski definition) is 1. The van der Waals surface area contributed by atoms with Gasteiger partial charge in [0.2, 0.25) is 0 Å². The minimum Gasteiger partial charge on any atom is -0.140 e. The van der Waals surface area contributed by atoms with Crippen LogP contribution < -0.4 is 0 Å². The van der Waals surface area contributed by atoms with Crippen LogP contribution in [0.15, 0.2) is 30.3 Å². The van der Waals surface area contributed by atoms with Crippen LogP contribution in [0.5, 0.6) is 0 Å². The molecule has 1 aromatic carbocycles. The molecule has 0 saturated carbocycles. The molecule has 0 bridgehead atoms. The van der Waals surface area contributed by atoms with Gasteiger partial charge < -0.3 is 0 Å². The molecule has 0 amide bonds. The molecule has 120 valence electrons. The molecule has 0 aliphatic carbocycles. The number of thiophene rings is 1. The third-order valence-corrected chi connectivity index (χ3v) is 5.71. The van der Waals surface area contributed by atoms with Crippen molar-refractivity contribution in [1.82, 2.24) is 0 Å². The third kappa shape index (κ3) is 4.98. The monoisotopic (exact) mass is 314 g/mol. The number of aryl methyl sites for hydroxylation is 3. The molecule has 2 aromatic rings. The van der Waals surface area contributed by atoms with E-state index in [-0.39, 0.29) is 0 Å². The smallest absolute Gasteiger partial charge is 0.0348 e. The van der Waals surface area contributed by atoms with Crippen molar-refractivity contribution in [2.75, 3.05) is 0 Å². The van der Waals surface area contributed by atoms with Gasteiger partial charge >= 0.3 is 0 Å². The Morgan fingerprint density at radius 3 is 2.41 bits per heavy atom. The van der Waals surface area contributed by atoms with Gasteiger partial charge in [-0.2, -0.15) is 0 Å². The molecule has 1 unspecified atom stereocenters. The van der Waals surface area contributed by atoms with Gasteiger partial charge in [0, 0.05) is 9.75 Å². The van der Waals surface area contributed by atoms with Crippen LogP contribution >= 0.6 is 11.3 Å². The molecule has 0 spiro atoms. The minimum absolute atomic E-state index is 0.855. The maximum atomic E-state index is 2.42. The Morgan fingerprint density at radius 1 is 1.00 bits per heavy atom. The van der Waals surface area contributed by atoms with E-state index in [1.807, 2.05) is 11.3 Å². The standard InChI is InChI=1S/C21H30S/c1-5-6-7-8-16(2)11-14-20-15-21(22-18(20)4)19-12-9-17(3)10-13-19/h9-10,12-13,15-16H,5-8,11,14H2,1-4H3. The van der Waals surface area contributed by atoms with E-state index in [4.69, 9.17) is 0 Å². The van der Waals surface area contributed by atoms with Gasteiger partial charge in [-0.15, -0.1) is 11.3 Å². The van der Waals surface area contributed by atoms with Crippen LogP contribution in [0.4, 0.5) is 0 Å². The summed E-state index contributed by atoms with van der Waals surface area (Å²) in [5.41, 5.74) is 4.25. The van der Waals surface area contributed by atoms with Gasteiger partial charge in [0.25, 0.3) is 0 Å². The molecule has 1 heterocycles. The van der Waals surface area contributed by atoms with Gasteiger partial charge in [-0.3, -0.25) is 0 Å². The van der Waals surface area contributed by atoms with Gasteiger partial charge in [-0.05, 0) is 49.8 Å². The first-order valence-corrected chi connectivity index (χ1v) is 9.58. The summed E-state index contributed by atoms with van der Waals surface area (Å²) in [7, 11) is 0. The molecular formula is C21H30S. The fraction of sp³-hybridized carbons (Fsp3) is 0.524. The second-order valence-electron chi connectivity index (χ2n) is 6.70. The van der Waals surface area contributed by atoms with Crippen LogP contribution in [0.25, 0.3) is 10.4 Å². The lowest BCUT2D eigenvalue weighted by atomic mass is 9.96. The summed E-state index contributed by atoms with van der Waals surface area (Å²) in [6, 6.07) is 11.3. The Balaban J connectivity index is 1.94. The fourth-order valence-electron chi connectivity index (χ4n) is 2.92. The van der Waals surface area contributed by atoms with Gasteiger partial charge in [0.15, 0.2) is 0 Å². The second kappa shape index (κ2) is 8.53. The van der Waals surface area contributed by atoms with Crippen molar-refractivity contribution in [3.05, 3.63) is 46.3 Å². The first kappa shape index (κ1) is 17.3. The highest BCUT2D eigenvalue weighted by Gasteiger charge is 2.09. The summed E-state index contributed by atoms with van der Waals surface area (Å²) >= 11 is 1.95. The van der Waals surface area contributed by atoms with Crippen molar-refractivity contribution in [3.63, 3.8) is 0 Å². The average Bonchev–Trinajstić information content (AvgIpc) is 2.87. The van der Waals surface area contributed by atoms with E-state index in [0.717, 1.165) is 5.92 Å². The Hall–Kier alpha value is -1.08. The van der Waals surface area contributed by atoms with Crippen LogP contribution in [0.1, 0.15) is 62.0 Å². The van der Waals surface area contributed by atoms with Crippen molar-refractivity contribution in [3.8, 4) is 10.4 Å². The van der Waals surface area contributed by atoms with Crippen LogP contribution in [0, 0.1) is 19.8 Å². The summed E-state index contributed by atoms with van der Waals surface area (Å²) in [6.45, 7) is 9.12. The minimum atomic E-state index is 0.855. The lowest BCUT2D eigenvalue weighted by Gasteiger charge is -2.10. The quantitative estimate of drug-likeness (QED) is 0.453. The lowest BCUT2D eigenvalue weighted by Crippen LogP contribution is -1.97. The van der Waals surface area contributed by atoms with E-state index < -0.39 is 0 Å². The summed E-state index contributed by atoms with van der Waals surface area (Å²) in [6.07, 6.45) is 8.07. The molecule has 0 radical (unpaired) electrons. The summed E-state index contributed by atoms with van der Waals surface area (Å²) in [5.74, 6) is 0.855. The van der Waals surface area contributed by atoms with E-state index in [1.165, 1.54) is 59.4 Å². The van der Waals surface area contributed by atoms with E-state index in [9.17, 15) is 0 Å². The van der Waals surface area contributed by atoms with Crippen LogP contribution in [0.2, 0.25) is 0 Å². The number of hydrogen-bond donors (Lipinski definition) is 0. The molecule has 0 N–H and O–H groups in total. The Bertz CT molecular complexity index is 562. The van der Waals surface area contributed by atoms with Crippen LogP contribution in [0.3, 0.4) is 0 Å². The molecule has 1 atom stereocenters. The highest BCUT2D eigenvalue weighted by atomic mass is 32.1. The first-order chi connectivity index (χ1) is 10.6. The molecule has 22 heavy (non-hydrogen) atoms. The molecule has 0 fully saturated rings. The molecular weight excluding hydrogens is 284 g/mol.